The third kappa shape index (κ3) is 2.08. The van der Waals surface area contributed by atoms with Gasteiger partial charge in [0, 0.05) is 7.05 Å². The van der Waals surface area contributed by atoms with Crippen LogP contribution in [-0.4, -0.2) is 25.4 Å². The van der Waals surface area contributed by atoms with Gasteiger partial charge in [0.2, 0.25) is 0 Å². The molecule has 0 bridgehead atoms. The molecule has 0 aromatic carbocycles. The quantitative estimate of drug-likeness (QED) is 0.706. The summed E-state index contributed by atoms with van der Waals surface area (Å²) in [5.74, 6) is 0. The van der Waals surface area contributed by atoms with Crippen molar-refractivity contribution >= 4 is 18.3 Å². The molecule has 0 aliphatic carbocycles. The number of aromatic nitrogens is 1. The van der Waals surface area contributed by atoms with Crippen LogP contribution in [0.2, 0.25) is 0 Å². The van der Waals surface area contributed by atoms with Gasteiger partial charge in [-0.2, -0.15) is 0 Å². The lowest BCUT2D eigenvalue weighted by molar-refractivity contribution is 0.588. The Morgan fingerprint density at radius 2 is 2.08 bits per heavy atom. The minimum atomic E-state index is -2.19. The first kappa shape index (κ1) is 9.27. The van der Waals surface area contributed by atoms with Gasteiger partial charge in [-0.1, -0.05) is 0 Å². The van der Waals surface area contributed by atoms with E-state index in [1.807, 2.05) is 13.1 Å². The lowest BCUT2D eigenvalue weighted by Gasteiger charge is -2.05. The molecule has 0 saturated heterocycles. The lowest BCUT2D eigenvalue weighted by atomic mass is 10.4. The van der Waals surface area contributed by atoms with Gasteiger partial charge < -0.3 is 9.88 Å². The van der Waals surface area contributed by atoms with Gasteiger partial charge in [-0.05, 0) is 25.5 Å². The van der Waals surface area contributed by atoms with E-state index in [-0.39, 0.29) is 0 Å². The number of nitrogens with one attached hydrogen (secondary N) is 1. The Bertz CT molecular complexity index is 301. The number of pyridine rings is 1. The molecule has 1 aromatic heterocycles. The molecule has 1 aromatic rings. The zero-order valence-electron chi connectivity index (χ0n) is 7.53. The summed E-state index contributed by atoms with van der Waals surface area (Å²) in [6.07, 6.45) is 1.69. The fourth-order valence-electron chi connectivity index (χ4n) is 0.852. The minimum Gasteiger partial charge on any atom is -0.387 e. The molecule has 0 atom stereocenters. The molecule has 0 amide bonds. The molecule has 0 saturated carbocycles. The van der Waals surface area contributed by atoms with Crippen molar-refractivity contribution < 1.29 is 4.57 Å². The normalized spacial score (nSPS) is 11.2. The van der Waals surface area contributed by atoms with E-state index in [0.29, 0.717) is 5.44 Å². The van der Waals surface area contributed by atoms with E-state index < -0.39 is 7.14 Å². The maximum atomic E-state index is 11.5. The van der Waals surface area contributed by atoms with Gasteiger partial charge in [-0.25, -0.2) is 0 Å². The van der Waals surface area contributed by atoms with Crippen molar-refractivity contribution in [2.75, 3.05) is 25.7 Å². The Balaban J connectivity index is 3.01. The number of hydrogen-bond acceptors (Lipinski definition) is 3. The van der Waals surface area contributed by atoms with Crippen LogP contribution >= 0.6 is 7.14 Å². The highest BCUT2D eigenvalue weighted by atomic mass is 31.2. The molecule has 0 aliphatic rings. The average molecular weight is 184 g/mol. The number of nitrogens with zero attached hydrogens (tertiary/aromatic N) is 1. The first-order valence-electron chi connectivity index (χ1n) is 3.73. The van der Waals surface area contributed by atoms with Crippen LogP contribution in [0.25, 0.3) is 0 Å². The van der Waals surface area contributed by atoms with Gasteiger partial charge in [-0.15, -0.1) is 0 Å². The van der Waals surface area contributed by atoms with E-state index in [1.54, 1.807) is 25.6 Å². The molecule has 1 heterocycles. The lowest BCUT2D eigenvalue weighted by Crippen LogP contribution is -2.07. The average Bonchev–Trinajstić information content (AvgIpc) is 2.03. The predicted molar refractivity (Wildman–Crippen MR) is 52.9 cm³/mol. The summed E-state index contributed by atoms with van der Waals surface area (Å²) in [7, 11) is -0.360. The fraction of sp³-hybridized carbons (Fsp3) is 0.375. The van der Waals surface area contributed by atoms with Crippen LogP contribution in [0.4, 0.5) is 5.69 Å². The van der Waals surface area contributed by atoms with E-state index in [0.717, 1.165) is 5.69 Å². The third-order valence-corrected chi connectivity index (χ3v) is 2.96. The molecule has 12 heavy (non-hydrogen) atoms. The zero-order valence-corrected chi connectivity index (χ0v) is 8.43. The molecule has 0 fully saturated rings. The molecule has 3 nitrogen and oxygen atoms in total. The minimum absolute atomic E-state index is 0.682. The SMILES string of the molecule is CNc1ccc(P(C)(C)=O)nc1. The maximum absolute atomic E-state index is 11.5. The summed E-state index contributed by atoms with van der Waals surface area (Å²) in [4.78, 5) is 4.10. The molecule has 0 aliphatic heterocycles. The van der Waals surface area contributed by atoms with Crippen molar-refractivity contribution in [3.8, 4) is 0 Å². The molecular weight excluding hydrogens is 171 g/mol. The molecule has 1 rings (SSSR count). The Hall–Kier alpha value is -0.820. The van der Waals surface area contributed by atoms with Crippen LogP contribution in [0.5, 0.6) is 0 Å². The number of anilines is 1. The highest BCUT2D eigenvalue weighted by molar-refractivity contribution is 7.69. The van der Waals surface area contributed by atoms with E-state index in [9.17, 15) is 4.57 Å². The Labute approximate surface area is 72.6 Å². The summed E-state index contributed by atoms with van der Waals surface area (Å²) in [6, 6.07) is 3.68. The molecule has 0 unspecified atom stereocenters. The van der Waals surface area contributed by atoms with Crippen LogP contribution in [0.15, 0.2) is 18.3 Å². The third-order valence-electron chi connectivity index (χ3n) is 1.59. The van der Waals surface area contributed by atoms with Crippen LogP contribution in [0.1, 0.15) is 0 Å². The van der Waals surface area contributed by atoms with Crippen LogP contribution in [0, 0.1) is 0 Å². The molecule has 0 radical (unpaired) electrons. The summed E-state index contributed by atoms with van der Waals surface area (Å²) in [5.41, 5.74) is 1.62. The zero-order chi connectivity index (χ0) is 9.19. The van der Waals surface area contributed by atoms with Gasteiger partial charge in [0.05, 0.1) is 17.3 Å². The van der Waals surface area contributed by atoms with Gasteiger partial charge in [0.15, 0.2) is 0 Å². The Kier molecular flexibility index (Phi) is 2.53. The number of rotatable bonds is 2. The van der Waals surface area contributed by atoms with Crippen molar-refractivity contribution in [2.45, 2.75) is 0 Å². The van der Waals surface area contributed by atoms with Crippen LogP contribution in [-0.2, 0) is 4.57 Å². The van der Waals surface area contributed by atoms with E-state index in [4.69, 9.17) is 0 Å². The van der Waals surface area contributed by atoms with E-state index >= 15 is 0 Å². The van der Waals surface area contributed by atoms with Crippen molar-refractivity contribution in [3.63, 3.8) is 0 Å². The summed E-state index contributed by atoms with van der Waals surface area (Å²) >= 11 is 0. The fourth-order valence-corrected chi connectivity index (χ4v) is 1.62. The van der Waals surface area contributed by atoms with Crippen LogP contribution in [0.3, 0.4) is 0 Å². The smallest absolute Gasteiger partial charge is 0.127 e. The second-order valence-corrected chi connectivity index (χ2v) is 6.17. The molecule has 0 spiro atoms. The number of hydrogen-bond donors (Lipinski definition) is 1. The Morgan fingerprint density at radius 3 is 2.42 bits per heavy atom. The summed E-state index contributed by atoms with van der Waals surface area (Å²) in [6.45, 7) is 3.43. The second-order valence-electron chi connectivity index (χ2n) is 3.01. The van der Waals surface area contributed by atoms with E-state index in [2.05, 4.69) is 10.3 Å². The molecule has 1 N–H and O–H groups in total. The van der Waals surface area contributed by atoms with Crippen molar-refractivity contribution in [2.24, 2.45) is 0 Å². The predicted octanol–water partition coefficient (Wildman–Crippen LogP) is 1.37. The standard InChI is InChI=1S/C8H13N2OP/c1-9-7-4-5-8(10-6-7)12(2,3)11/h4-6,9H,1-3H3. The Morgan fingerprint density at radius 1 is 1.42 bits per heavy atom. The van der Waals surface area contributed by atoms with Crippen molar-refractivity contribution in [1.29, 1.82) is 0 Å². The highest BCUT2D eigenvalue weighted by Gasteiger charge is 2.11. The topological polar surface area (TPSA) is 42.0 Å². The first-order chi connectivity index (χ1) is 5.54. The molecule has 4 heteroatoms. The molecule has 66 valence electrons. The van der Waals surface area contributed by atoms with Crippen LogP contribution < -0.4 is 10.8 Å². The summed E-state index contributed by atoms with van der Waals surface area (Å²) < 4.78 is 11.5. The first-order valence-corrected chi connectivity index (χ1v) is 6.33. The highest BCUT2D eigenvalue weighted by Crippen LogP contribution is 2.33. The maximum Gasteiger partial charge on any atom is 0.127 e. The van der Waals surface area contributed by atoms with E-state index in [1.165, 1.54) is 0 Å². The van der Waals surface area contributed by atoms with Gasteiger partial charge >= 0.3 is 0 Å². The summed E-state index contributed by atoms with van der Waals surface area (Å²) in [5, 5.41) is 2.95. The monoisotopic (exact) mass is 184 g/mol. The van der Waals surface area contributed by atoms with Gasteiger partial charge in [0.25, 0.3) is 0 Å². The molecular formula is C8H13N2OP. The van der Waals surface area contributed by atoms with Gasteiger partial charge in [-0.3, -0.25) is 4.98 Å². The van der Waals surface area contributed by atoms with Crippen molar-refractivity contribution in [1.82, 2.24) is 4.98 Å². The van der Waals surface area contributed by atoms with Crippen molar-refractivity contribution in [3.05, 3.63) is 18.3 Å². The van der Waals surface area contributed by atoms with Gasteiger partial charge in [0.1, 0.15) is 7.14 Å². The second kappa shape index (κ2) is 3.28. The largest absolute Gasteiger partial charge is 0.387 e.